The van der Waals surface area contributed by atoms with Crippen LogP contribution in [0, 0.1) is 6.92 Å². The normalized spacial score (nSPS) is 8.73. The number of aryl methyl sites for hydroxylation is 2. The molecule has 3 nitrogen and oxygen atoms in total. The minimum absolute atomic E-state index is 0.721. The van der Waals surface area contributed by atoms with E-state index in [2.05, 4.69) is 17.1 Å². The van der Waals surface area contributed by atoms with Crippen LogP contribution in [0.15, 0.2) is 4.52 Å². The molecular formula is C8H16N2O. The summed E-state index contributed by atoms with van der Waals surface area (Å²) >= 11 is 0. The van der Waals surface area contributed by atoms with Gasteiger partial charge in [0.05, 0.1) is 0 Å². The third-order valence-corrected chi connectivity index (χ3v) is 1.03. The average Bonchev–Trinajstić information content (AvgIpc) is 2.41. The Hall–Kier alpha value is -0.860. The molecule has 0 unspecified atom stereocenters. The second kappa shape index (κ2) is 5.89. The molecule has 0 saturated carbocycles. The number of rotatable bonds is 2. The Bertz CT molecular complexity index is 184. The van der Waals surface area contributed by atoms with Crippen LogP contribution in [0.1, 0.15) is 38.9 Å². The van der Waals surface area contributed by atoms with Crippen molar-refractivity contribution in [3.8, 4) is 0 Å². The van der Waals surface area contributed by atoms with Crippen LogP contribution in [0.5, 0.6) is 0 Å². The molecule has 1 aromatic heterocycles. The van der Waals surface area contributed by atoms with Gasteiger partial charge in [0.2, 0.25) is 5.89 Å². The van der Waals surface area contributed by atoms with Crippen LogP contribution in [0.3, 0.4) is 0 Å². The smallest absolute Gasteiger partial charge is 0.226 e. The average molecular weight is 156 g/mol. The summed E-state index contributed by atoms with van der Waals surface area (Å²) in [6, 6.07) is 0. The van der Waals surface area contributed by atoms with E-state index in [4.69, 9.17) is 4.52 Å². The maximum Gasteiger partial charge on any atom is 0.226 e. The Morgan fingerprint density at radius 3 is 2.36 bits per heavy atom. The lowest BCUT2D eigenvalue weighted by atomic mass is 10.3. The lowest BCUT2D eigenvalue weighted by Crippen LogP contribution is -1.81. The van der Waals surface area contributed by atoms with E-state index in [1.807, 2.05) is 20.8 Å². The van der Waals surface area contributed by atoms with Crippen LogP contribution in [0.4, 0.5) is 0 Å². The van der Waals surface area contributed by atoms with Gasteiger partial charge in [-0.3, -0.25) is 0 Å². The van der Waals surface area contributed by atoms with E-state index in [1.54, 1.807) is 0 Å². The van der Waals surface area contributed by atoms with Crippen molar-refractivity contribution in [3.63, 3.8) is 0 Å². The molecule has 0 aliphatic rings. The Kier molecular flexibility index (Phi) is 5.43. The van der Waals surface area contributed by atoms with Gasteiger partial charge in [-0.2, -0.15) is 4.98 Å². The molecule has 0 bridgehead atoms. The van der Waals surface area contributed by atoms with Crippen molar-refractivity contribution in [2.45, 2.75) is 40.5 Å². The molecule has 0 amide bonds. The predicted octanol–water partition coefficient (Wildman–Crippen LogP) is 2.36. The first-order valence-electron chi connectivity index (χ1n) is 4.12. The molecule has 0 saturated heterocycles. The molecule has 0 N–H and O–H groups in total. The summed E-state index contributed by atoms with van der Waals surface area (Å²) < 4.78 is 4.84. The number of hydrogen-bond acceptors (Lipinski definition) is 3. The van der Waals surface area contributed by atoms with Crippen molar-refractivity contribution in [1.29, 1.82) is 0 Å². The van der Waals surface area contributed by atoms with Gasteiger partial charge in [0.15, 0.2) is 5.82 Å². The van der Waals surface area contributed by atoms with Crippen LogP contribution < -0.4 is 0 Å². The van der Waals surface area contributed by atoms with Gasteiger partial charge in [-0.25, -0.2) is 0 Å². The zero-order chi connectivity index (χ0) is 8.69. The van der Waals surface area contributed by atoms with Gasteiger partial charge >= 0.3 is 0 Å². The molecule has 0 radical (unpaired) electrons. The van der Waals surface area contributed by atoms with Gasteiger partial charge in [-0.05, 0) is 13.3 Å². The topological polar surface area (TPSA) is 38.9 Å². The highest BCUT2D eigenvalue weighted by atomic mass is 16.5. The lowest BCUT2D eigenvalue weighted by molar-refractivity contribution is 0.374. The van der Waals surface area contributed by atoms with Gasteiger partial charge in [0.25, 0.3) is 0 Å². The standard InChI is InChI=1S/C6H10N2O.C2H6/c1-3-4-6-7-5(2)8-9-6;1-2/h3-4H2,1-2H3;1-2H3. The van der Waals surface area contributed by atoms with Crippen LogP contribution in [-0.2, 0) is 6.42 Å². The highest BCUT2D eigenvalue weighted by Crippen LogP contribution is 1.97. The zero-order valence-corrected chi connectivity index (χ0v) is 7.72. The van der Waals surface area contributed by atoms with Crippen molar-refractivity contribution >= 4 is 0 Å². The molecule has 1 aromatic rings. The largest absolute Gasteiger partial charge is 0.339 e. The Labute approximate surface area is 67.8 Å². The Morgan fingerprint density at radius 1 is 1.36 bits per heavy atom. The molecule has 1 heterocycles. The second-order valence-corrected chi connectivity index (χ2v) is 1.99. The zero-order valence-electron chi connectivity index (χ0n) is 7.72. The third kappa shape index (κ3) is 3.75. The fraction of sp³-hybridized carbons (Fsp3) is 0.750. The quantitative estimate of drug-likeness (QED) is 0.659. The minimum Gasteiger partial charge on any atom is -0.339 e. The van der Waals surface area contributed by atoms with E-state index in [-0.39, 0.29) is 0 Å². The molecule has 11 heavy (non-hydrogen) atoms. The van der Waals surface area contributed by atoms with Crippen molar-refractivity contribution < 1.29 is 4.52 Å². The summed E-state index contributed by atoms with van der Waals surface area (Å²) in [6.07, 6.45) is 1.95. The second-order valence-electron chi connectivity index (χ2n) is 1.99. The number of aromatic nitrogens is 2. The molecule has 0 aliphatic carbocycles. The molecular weight excluding hydrogens is 140 g/mol. The third-order valence-electron chi connectivity index (χ3n) is 1.03. The van der Waals surface area contributed by atoms with E-state index < -0.39 is 0 Å². The van der Waals surface area contributed by atoms with E-state index in [0.29, 0.717) is 0 Å². The lowest BCUT2D eigenvalue weighted by Gasteiger charge is -1.82. The molecule has 0 aromatic carbocycles. The van der Waals surface area contributed by atoms with Crippen molar-refractivity contribution in [2.24, 2.45) is 0 Å². The maximum absolute atomic E-state index is 4.84. The Morgan fingerprint density at radius 2 is 2.00 bits per heavy atom. The first kappa shape index (κ1) is 10.1. The highest BCUT2D eigenvalue weighted by molar-refractivity contribution is 4.81. The van der Waals surface area contributed by atoms with Crippen LogP contribution >= 0.6 is 0 Å². The first-order valence-corrected chi connectivity index (χ1v) is 4.12. The monoisotopic (exact) mass is 156 g/mol. The molecule has 1 rings (SSSR count). The van der Waals surface area contributed by atoms with Gasteiger partial charge in [0, 0.05) is 6.42 Å². The molecule has 3 heteroatoms. The van der Waals surface area contributed by atoms with E-state index in [0.717, 1.165) is 24.6 Å². The molecule has 0 atom stereocenters. The van der Waals surface area contributed by atoms with Crippen molar-refractivity contribution in [2.75, 3.05) is 0 Å². The summed E-state index contributed by atoms with van der Waals surface area (Å²) in [4.78, 5) is 4.02. The van der Waals surface area contributed by atoms with Crippen LogP contribution in [-0.4, -0.2) is 10.1 Å². The van der Waals surface area contributed by atoms with Crippen LogP contribution in [0.2, 0.25) is 0 Å². The van der Waals surface area contributed by atoms with Crippen molar-refractivity contribution in [3.05, 3.63) is 11.7 Å². The number of nitrogens with zero attached hydrogens (tertiary/aromatic N) is 2. The van der Waals surface area contributed by atoms with Crippen LogP contribution in [0.25, 0.3) is 0 Å². The minimum atomic E-state index is 0.721. The summed E-state index contributed by atoms with van der Waals surface area (Å²) in [7, 11) is 0. The van der Waals surface area contributed by atoms with Gasteiger partial charge in [-0.15, -0.1) is 0 Å². The molecule has 0 fully saturated rings. The first-order chi connectivity index (χ1) is 5.33. The van der Waals surface area contributed by atoms with E-state index >= 15 is 0 Å². The van der Waals surface area contributed by atoms with Gasteiger partial charge < -0.3 is 4.52 Å². The summed E-state index contributed by atoms with van der Waals surface area (Å²) in [5, 5.41) is 3.65. The molecule has 0 spiro atoms. The summed E-state index contributed by atoms with van der Waals surface area (Å²) in [5.41, 5.74) is 0. The van der Waals surface area contributed by atoms with E-state index in [1.165, 1.54) is 0 Å². The summed E-state index contributed by atoms with van der Waals surface area (Å²) in [6.45, 7) is 7.90. The maximum atomic E-state index is 4.84. The molecule has 64 valence electrons. The fourth-order valence-electron chi connectivity index (χ4n) is 0.655. The fourth-order valence-corrected chi connectivity index (χ4v) is 0.655. The number of hydrogen-bond donors (Lipinski definition) is 0. The predicted molar refractivity (Wildman–Crippen MR) is 44.4 cm³/mol. The Balaban J connectivity index is 0.000000461. The van der Waals surface area contributed by atoms with Gasteiger partial charge in [-0.1, -0.05) is 25.9 Å². The van der Waals surface area contributed by atoms with E-state index in [9.17, 15) is 0 Å². The summed E-state index contributed by atoms with van der Waals surface area (Å²) in [5.74, 6) is 1.47. The highest BCUT2D eigenvalue weighted by Gasteiger charge is 1.98. The van der Waals surface area contributed by atoms with Crippen molar-refractivity contribution in [1.82, 2.24) is 10.1 Å². The molecule has 0 aliphatic heterocycles. The van der Waals surface area contributed by atoms with Gasteiger partial charge in [0.1, 0.15) is 0 Å². The SMILES string of the molecule is CC.CCCc1nc(C)no1.